The van der Waals surface area contributed by atoms with Gasteiger partial charge in [-0.3, -0.25) is 0 Å². The minimum Gasteiger partial charge on any atom is -0.479 e. The second kappa shape index (κ2) is 17.5. The molecular weight excluding hydrogens is 288 g/mol. The molecule has 0 radical (unpaired) electrons. The Kier molecular flexibility index (Phi) is 16.9. The Morgan fingerprint density at radius 1 is 0.783 bits per heavy atom. The van der Waals surface area contributed by atoms with E-state index < -0.39 is 12.1 Å². The highest BCUT2D eigenvalue weighted by Gasteiger charge is 2.11. The lowest BCUT2D eigenvalue weighted by Gasteiger charge is -2.04. The van der Waals surface area contributed by atoms with E-state index >= 15 is 0 Å². The summed E-state index contributed by atoms with van der Waals surface area (Å²) in [7, 11) is 0. The molecule has 0 aromatic rings. The summed E-state index contributed by atoms with van der Waals surface area (Å²) in [5, 5.41) is 17.7. The van der Waals surface area contributed by atoms with Crippen LogP contribution in [0.2, 0.25) is 0 Å². The van der Waals surface area contributed by atoms with Crippen LogP contribution in [0.1, 0.15) is 103 Å². The zero-order valence-corrected chi connectivity index (χ0v) is 15.1. The van der Waals surface area contributed by atoms with Crippen molar-refractivity contribution < 1.29 is 15.0 Å². The van der Waals surface area contributed by atoms with E-state index in [1.54, 1.807) is 0 Å². The minimum absolute atomic E-state index is 0.385. The maximum Gasteiger partial charge on any atom is 0.332 e. The van der Waals surface area contributed by atoms with Gasteiger partial charge >= 0.3 is 5.97 Å². The molecule has 0 saturated heterocycles. The molecule has 1 unspecified atom stereocenters. The Balaban J connectivity index is 3.15. The predicted octanol–water partition coefficient (Wildman–Crippen LogP) is 5.86. The number of carbonyl (C=O) groups is 1. The molecule has 0 fully saturated rings. The van der Waals surface area contributed by atoms with Crippen molar-refractivity contribution in [3.8, 4) is 0 Å². The third-order valence-corrected chi connectivity index (χ3v) is 4.27. The highest BCUT2D eigenvalue weighted by Crippen LogP contribution is 2.11. The topological polar surface area (TPSA) is 57.5 Å². The average molecular weight is 327 g/mol. The number of hydrogen-bond donors (Lipinski definition) is 2. The van der Waals surface area contributed by atoms with Crippen molar-refractivity contribution in [1.82, 2.24) is 0 Å². The highest BCUT2D eigenvalue weighted by atomic mass is 16.4. The number of carboxylic acids is 1. The van der Waals surface area contributed by atoms with Crippen LogP contribution in [0.5, 0.6) is 0 Å². The van der Waals surface area contributed by atoms with Gasteiger partial charge in [-0.2, -0.15) is 0 Å². The van der Waals surface area contributed by atoms with Crippen molar-refractivity contribution >= 4 is 5.97 Å². The van der Waals surface area contributed by atoms with Gasteiger partial charge in [0.1, 0.15) is 0 Å². The van der Waals surface area contributed by atoms with Crippen LogP contribution in [0.4, 0.5) is 0 Å². The molecule has 23 heavy (non-hydrogen) atoms. The summed E-state index contributed by atoms with van der Waals surface area (Å²) in [5.74, 6) is -1.10. The van der Waals surface area contributed by atoms with Crippen molar-refractivity contribution in [3.63, 3.8) is 0 Å². The number of allylic oxidation sites excluding steroid dienone is 2. The first-order valence-electron chi connectivity index (χ1n) is 9.74. The van der Waals surface area contributed by atoms with E-state index in [4.69, 9.17) is 10.2 Å². The lowest BCUT2D eigenvalue weighted by atomic mass is 10.1. The molecule has 0 heterocycles. The van der Waals surface area contributed by atoms with Crippen LogP contribution < -0.4 is 0 Å². The van der Waals surface area contributed by atoms with Crippen LogP contribution in [-0.4, -0.2) is 22.3 Å². The molecule has 0 aliphatic heterocycles. The molecule has 3 nitrogen and oxygen atoms in total. The van der Waals surface area contributed by atoms with Crippen LogP contribution in [0, 0.1) is 0 Å². The molecule has 2 N–H and O–H groups in total. The van der Waals surface area contributed by atoms with Crippen LogP contribution in [0.25, 0.3) is 0 Å². The standard InChI is InChI=1S/C20H38O3/c1-2-3-4-5-6-7-8-9-10-11-12-13-14-15-16-17-18-19(21)20(22)23/h9-10,19,21H,2-8,11-18H2,1H3,(H,22,23)/b10-9-. The smallest absolute Gasteiger partial charge is 0.332 e. The number of hydrogen-bond acceptors (Lipinski definition) is 2. The molecule has 0 spiro atoms. The molecule has 1 atom stereocenters. The summed E-state index contributed by atoms with van der Waals surface area (Å²) in [4.78, 5) is 10.4. The first kappa shape index (κ1) is 22.2. The summed E-state index contributed by atoms with van der Waals surface area (Å²) in [6, 6.07) is 0. The van der Waals surface area contributed by atoms with Gasteiger partial charge in [0.25, 0.3) is 0 Å². The van der Waals surface area contributed by atoms with Crippen molar-refractivity contribution in [2.45, 2.75) is 109 Å². The van der Waals surface area contributed by atoms with Gasteiger partial charge in [-0.05, 0) is 32.1 Å². The first-order valence-corrected chi connectivity index (χ1v) is 9.74. The summed E-state index contributed by atoms with van der Waals surface area (Å²) >= 11 is 0. The highest BCUT2D eigenvalue weighted by molar-refractivity contribution is 5.71. The summed E-state index contributed by atoms with van der Waals surface area (Å²) < 4.78 is 0. The van der Waals surface area contributed by atoms with Crippen molar-refractivity contribution in [2.24, 2.45) is 0 Å². The van der Waals surface area contributed by atoms with E-state index in [1.165, 1.54) is 70.6 Å². The van der Waals surface area contributed by atoms with Crippen molar-refractivity contribution in [1.29, 1.82) is 0 Å². The minimum atomic E-state index is -1.17. The zero-order valence-electron chi connectivity index (χ0n) is 15.1. The summed E-state index contributed by atoms with van der Waals surface area (Å²) in [5.41, 5.74) is 0. The van der Waals surface area contributed by atoms with Crippen LogP contribution >= 0.6 is 0 Å². The molecule has 0 aliphatic rings. The van der Waals surface area contributed by atoms with Crippen molar-refractivity contribution in [2.75, 3.05) is 0 Å². The fourth-order valence-electron chi connectivity index (χ4n) is 2.71. The number of unbranched alkanes of at least 4 members (excludes halogenated alkanes) is 12. The molecule has 136 valence electrons. The summed E-state index contributed by atoms with van der Waals surface area (Å²) in [6.45, 7) is 2.26. The second-order valence-corrected chi connectivity index (χ2v) is 6.58. The molecule has 0 bridgehead atoms. The number of aliphatic carboxylic acids is 1. The fraction of sp³-hybridized carbons (Fsp3) is 0.850. The van der Waals surface area contributed by atoms with Crippen LogP contribution in [0.15, 0.2) is 12.2 Å². The van der Waals surface area contributed by atoms with E-state index in [9.17, 15) is 4.79 Å². The lowest BCUT2D eigenvalue weighted by Crippen LogP contribution is -2.18. The maximum atomic E-state index is 10.4. The van der Waals surface area contributed by atoms with Gasteiger partial charge in [0.15, 0.2) is 6.10 Å². The maximum absolute atomic E-state index is 10.4. The number of aliphatic hydroxyl groups is 1. The van der Waals surface area contributed by atoms with Crippen LogP contribution in [0.3, 0.4) is 0 Å². The lowest BCUT2D eigenvalue weighted by molar-refractivity contribution is -0.146. The first-order chi connectivity index (χ1) is 11.2. The monoisotopic (exact) mass is 326 g/mol. The molecule has 0 aromatic heterocycles. The van der Waals surface area contributed by atoms with E-state index in [1.807, 2.05) is 0 Å². The average Bonchev–Trinajstić information content (AvgIpc) is 2.54. The van der Waals surface area contributed by atoms with Gasteiger partial charge in [0, 0.05) is 0 Å². The van der Waals surface area contributed by atoms with Gasteiger partial charge in [-0.15, -0.1) is 0 Å². The molecule has 0 rings (SSSR count). The molecule has 3 heteroatoms. The Morgan fingerprint density at radius 3 is 1.70 bits per heavy atom. The van der Waals surface area contributed by atoms with E-state index in [-0.39, 0.29) is 0 Å². The Bertz CT molecular complexity index is 287. The third kappa shape index (κ3) is 17.4. The Morgan fingerprint density at radius 2 is 1.22 bits per heavy atom. The fourth-order valence-corrected chi connectivity index (χ4v) is 2.71. The number of aliphatic hydroxyl groups excluding tert-OH is 1. The van der Waals surface area contributed by atoms with Gasteiger partial charge in [0.05, 0.1) is 0 Å². The number of carboxylic acid groups (broad SMARTS) is 1. The van der Waals surface area contributed by atoms with Gasteiger partial charge in [-0.25, -0.2) is 4.79 Å². The predicted molar refractivity (Wildman–Crippen MR) is 97.7 cm³/mol. The van der Waals surface area contributed by atoms with E-state index in [0.717, 1.165) is 19.3 Å². The van der Waals surface area contributed by atoms with Gasteiger partial charge in [0.2, 0.25) is 0 Å². The van der Waals surface area contributed by atoms with Crippen LogP contribution in [-0.2, 0) is 4.79 Å². The van der Waals surface area contributed by atoms with Gasteiger partial charge < -0.3 is 10.2 Å². The second-order valence-electron chi connectivity index (χ2n) is 6.58. The van der Waals surface area contributed by atoms with Crippen molar-refractivity contribution in [3.05, 3.63) is 12.2 Å². The van der Waals surface area contributed by atoms with E-state index in [0.29, 0.717) is 6.42 Å². The normalized spacial score (nSPS) is 12.8. The molecular formula is C20H38O3. The Hall–Kier alpha value is -0.830. The van der Waals surface area contributed by atoms with Gasteiger partial charge in [-0.1, -0.05) is 83.3 Å². The zero-order chi connectivity index (χ0) is 17.2. The molecule has 0 amide bonds. The third-order valence-electron chi connectivity index (χ3n) is 4.27. The molecule has 0 aliphatic carbocycles. The summed E-state index contributed by atoms with van der Waals surface area (Å²) in [6.07, 6.45) is 21.2. The largest absolute Gasteiger partial charge is 0.479 e. The SMILES string of the molecule is CCCCCCCC/C=C\CCCCCCCCC(O)C(=O)O. The number of rotatable bonds is 17. The molecule has 0 aromatic carbocycles. The molecule has 0 saturated carbocycles. The Labute approximate surface area is 143 Å². The van der Waals surface area contributed by atoms with E-state index in [2.05, 4.69) is 19.1 Å². The quantitative estimate of drug-likeness (QED) is 0.260.